The summed E-state index contributed by atoms with van der Waals surface area (Å²) in [6.07, 6.45) is 2.64. The SMILES string of the molecule is CCc1cccc(NC(=O)N2CCC(F)(c3nc(C4CCOCC4)no3)C2)c1. The number of nitrogens with one attached hydrogen (secondary N) is 1. The summed E-state index contributed by atoms with van der Waals surface area (Å²) >= 11 is 0. The number of likely N-dealkylation sites (tertiary alicyclic amines) is 1. The number of ether oxygens (including phenoxy) is 1. The maximum absolute atomic E-state index is 15.5. The van der Waals surface area contributed by atoms with Crippen molar-refractivity contribution >= 4 is 11.7 Å². The van der Waals surface area contributed by atoms with E-state index in [2.05, 4.69) is 22.4 Å². The normalized spacial score (nSPS) is 23.1. The van der Waals surface area contributed by atoms with Crippen molar-refractivity contribution in [2.75, 3.05) is 31.6 Å². The van der Waals surface area contributed by atoms with Crippen LogP contribution in [0.3, 0.4) is 0 Å². The molecule has 150 valence electrons. The standard InChI is InChI=1S/C20H25FN4O3/c1-2-14-4-3-5-16(12-14)22-19(26)25-9-8-20(21,13-25)18-23-17(24-28-18)15-6-10-27-11-7-15/h3-5,12,15H,2,6-11,13H2,1H3,(H,22,26). The van der Waals surface area contributed by atoms with E-state index in [1.54, 1.807) is 0 Å². The molecule has 2 aromatic rings. The smallest absolute Gasteiger partial charge is 0.321 e. The molecule has 1 atom stereocenters. The zero-order chi connectivity index (χ0) is 19.6. The highest BCUT2D eigenvalue weighted by atomic mass is 19.1. The molecule has 2 amide bonds. The van der Waals surface area contributed by atoms with E-state index in [-0.39, 0.29) is 30.8 Å². The second-order valence-electron chi connectivity index (χ2n) is 7.47. The van der Waals surface area contributed by atoms with Crippen LogP contribution in [-0.4, -0.2) is 47.4 Å². The second-order valence-corrected chi connectivity index (χ2v) is 7.47. The van der Waals surface area contributed by atoms with Crippen molar-refractivity contribution in [3.05, 3.63) is 41.5 Å². The lowest BCUT2D eigenvalue weighted by molar-refractivity contribution is 0.0830. The Labute approximate surface area is 163 Å². The maximum Gasteiger partial charge on any atom is 0.321 e. The molecule has 3 heterocycles. The van der Waals surface area contributed by atoms with Gasteiger partial charge in [-0.3, -0.25) is 0 Å². The molecule has 0 bridgehead atoms. The first-order valence-corrected chi connectivity index (χ1v) is 9.83. The van der Waals surface area contributed by atoms with Crippen molar-refractivity contribution in [1.82, 2.24) is 15.0 Å². The molecule has 4 rings (SSSR count). The number of benzene rings is 1. The van der Waals surface area contributed by atoms with E-state index >= 15 is 4.39 Å². The van der Waals surface area contributed by atoms with Gasteiger partial charge in [-0.05, 0) is 37.0 Å². The molecule has 1 N–H and O–H groups in total. The highest BCUT2D eigenvalue weighted by molar-refractivity contribution is 5.89. The van der Waals surface area contributed by atoms with Crippen LogP contribution >= 0.6 is 0 Å². The van der Waals surface area contributed by atoms with Crippen LogP contribution < -0.4 is 5.32 Å². The number of aromatic nitrogens is 2. The number of carbonyl (C=O) groups is 1. The number of anilines is 1. The third-order valence-electron chi connectivity index (χ3n) is 5.50. The van der Waals surface area contributed by atoms with Gasteiger partial charge in [0.05, 0.1) is 6.54 Å². The molecule has 0 aliphatic carbocycles. The molecule has 8 heteroatoms. The Morgan fingerprint density at radius 3 is 3.00 bits per heavy atom. The zero-order valence-corrected chi connectivity index (χ0v) is 16.0. The van der Waals surface area contributed by atoms with Crippen molar-refractivity contribution < 1.29 is 18.4 Å². The lowest BCUT2D eigenvalue weighted by Crippen LogP contribution is -2.35. The molecule has 1 unspecified atom stereocenters. The summed E-state index contributed by atoms with van der Waals surface area (Å²) in [6, 6.07) is 7.33. The van der Waals surface area contributed by atoms with Crippen molar-refractivity contribution in [2.45, 2.75) is 44.2 Å². The van der Waals surface area contributed by atoms with E-state index in [1.807, 2.05) is 24.3 Å². The van der Waals surface area contributed by atoms with Gasteiger partial charge in [0.15, 0.2) is 5.82 Å². The Bertz CT molecular complexity index is 836. The van der Waals surface area contributed by atoms with Crippen LogP contribution in [-0.2, 0) is 16.8 Å². The van der Waals surface area contributed by atoms with Gasteiger partial charge in [0.25, 0.3) is 5.89 Å². The number of nitrogens with zero attached hydrogens (tertiary/aromatic N) is 3. The van der Waals surface area contributed by atoms with Gasteiger partial charge in [-0.1, -0.05) is 24.2 Å². The lowest BCUT2D eigenvalue weighted by atomic mass is 9.99. The summed E-state index contributed by atoms with van der Waals surface area (Å²) in [7, 11) is 0. The number of hydrogen-bond acceptors (Lipinski definition) is 5. The van der Waals surface area contributed by atoms with E-state index in [0.717, 1.165) is 24.8 Å². The minimum absolute atomic E-state index is 0.0303. The largest absolute Gasteiger partial charge is 0.381 e. The van der Waals surface area contributed by atoms with Gasteiger partial charge < -0.3 is 19.5 Å². The van der Waals surface area contributed by atoms with Gasteiger partial charge in [-0.25, -0.2) is 9.18 Å². The first kappa shape index (κ1) is 18.9. The monoisotopic (exact) mass is 388 g/mol. The van der Waals surface area contributed by atoms with Crippen molar-refractivity contribution in [1.29, 1.82) is 0 Å². The molecule has 28 heavy (non-hydrogen) atoms. The fourth-order valence-electron chi connectivity index (χ4n) is 3.73. The average Bonchev–Trinajstić information content (AvgIpc) is 3.37. The number of halogens is 1. The fraction of sp³-hybridized carbons (Fsp3) is 0.550. The minimum atomic E-state index is -1.81. The third-order valence-corrected chi connectivity index (χ3v) is 5.50. The molecule has 7 nitrogen and oxygen atoms in total. The number of amides is 2. The number of rotatable bonds is 4. The number of urea groups is 1. The first-order valence-electron chi connectivity index (χ1n) is 9.83. The zero-order valence-electron chi connectivity index (χ0n) is 16.0. The van der Waals surface area contributed by atoms with Gasteiger partial charge in [-0.2, -0.15) is 4.98 Å². The third kappa shape index (κ3) is 3.87. The Balaban J connectivity index is 1.41. The fourth-order valence-corrected chi connectivity index (χ4v) is 3.73. The van der Waals surface area contributed by atoms with E-state index < -0.39 is 5.67 Å². The average molecular weight is 388 g/mol. The van der Waals surface area contributed by atoms with Gasteiger partial charge in [-0.15, -0.1) is 0 Å². The molecule has 0 spiro atoms. The summed E-state index contributed by atoms with van der Waals surface area (Å²) in [5.41, 5.74) is 0.0322. The van der Waals surface area contributed by atoms with Crippen LogP contribution in [0.4, 0.5) is 14.9 Å². The van der Waals surface area contributed by atoms with Crippen LogP contribution in [0.15, 0.2) is 28.8 Å². The van der Waals surface area contributed by atoms with Crippen molar-refractivity contribution in [2.24, 2.45) is 0 Å². The van der Waals surface area contributed by atoms with Crippen molar-refractivity contribution in [3.8, 4) is 0 Å². The van der Waals surface area contributed by atoms with Crippen LogP contribution in [0, 0.1) is 0 Å². The molecule has 2 aliphatic heterocycles. The topological polar surface area (TPSA) is 80.5 Å². The summed E-state index contributed by atoms with van der Waals surface area (Å²) in [6.45, 7) is 3.56. The number of carbonyl (C=O) groups excluding carboxylic acids is 1. The van der Waals surface area contributed by atoms with Gasteiger partial charge in [0.2, 0.25) is 5.67 Å². The Morgan fingerprint density at radius 1 is 1.39 bits per heavy atom. The molecular formula is C20H25FN4O3. The predicted octanol–water partition coefficient (Wildman–Crippen LogP) is 3.63. The summed E-state index contributed by atoms with van der Waals surface area (Å²) in [5, 5.41) is 6.83. The molecule has 1 aromatic carbocycles. The van der Waals surface area contributed by atoms with E-state index in [4.69, 9.17) is 9.26 Å². The Morgan fingerprint density at radius 2 is 2.21 bits per heavy atom. The summed E-state index contributed by atoms with van der Waals surface area (Å²) < 4.78 is 26.0. The van der Waals surface area contributed by atoms with Crippen LogP contribution in [0.1, 0.15) is 49.4 Å². The molecule has 1 aromatic heterocycles. The van der Waals surface area contributed by atoms with E-state index in [9.17, 15) is 4.79 Å². The molecule has 2 aliphatic rings. The predicted molar refractivity (Wildman–Crippen MR) is 101 cm³/mol. The molecule has 2 fully saturated rings. The number of alkyl halides is 1. The highest BCUT2D eigenvalue weighted by Gasteiger charge is 2.46. The summed E-state index contributed by atoms with van der Waals surface area (Å²) in [4.78, 5) is 18.3. The Hall–Kier alpha value is -2.48. The quantitative estimate of drug-likeness (QED) is 0.865. The van der Waals surface area contributed by atoms with Gasteiger partial charge >= 0.3 is 6.03 Å². The molecule has 0 saturated carbocycles. The molecule has 0 radical (unpaired) electrons. The van der Waals surface area contributed by atoms with Crippen LogP contribution in [0.25, 0.3) is 0 Å². The molecular weight excluding hydrogens is 363 g/mol. The van der Waals surface area contributed by atoms with Crippen molar-refractivity contribution in [3.63, 3.8) is 0 Å². The maximum atomic E-state index is 15.5. The van der Waals surface area contributed by atoms with Gasteiger partial charge in [0.1, 0.15) is 0 Å². The van der Waals surface area contributed by atoms with Gasteiger partial charge in [0, 0.05) is 37.8 Å². The first-order chi connectivity index (χ1) is 13.6. The van der Waals surface area contributed by atoms with E-state index in [0.29, 0.717) is 31.3 Å². The minimum Gasteiger partial charge on any atom is -0.381 e. The van der Waals surface area contributed by atoms with Crippen LogP contribution in [0.5, 0.6) is 0 Å². The number of hydrogen-bond donors (Lipinski definition) is 1. The summed E-state index contributed by atoms with van der Waals surface area (Å²) in [5.74, 6) is 0.647. The molecule has 2 saturated heterocycles. The number of aryl methyl sites for hydroxylation is 1. The van der Waals surface area contributed by atoms with Crippen LogP contribution in [0.2, 0.25) is 0 Å². The van der Waals surface area contributed by atoms with E-state index in [1.165, 1.54) is 4.90 Å². The second kappa shape index (κ2) is 7.87. The Kier molecular flexibility index (Phi) is 5.30. The highest BCUT2D eigenvalue weighted by Crippen LogP contribution is 2.36. The lowest BCUT2D eigenvalue weighted by Gasteiger charge is -2.19.